The fourth-order valence-electron chi connectivity index (χ4n) is 3.98. The molecule has 0 aliphatic carbocycles. The summed E-state index contributed by atoms with van der Waals surface area (Å²) in [5.74, 6) is -0.0957. The van der Waals surface area contributed by atoms with Crippen LogP contribution in [-0.4, -0.2) is 49.1 Å². The van der Waals surface area contributed by atoms with Crippen molar-refractivity contribution >= 4 is 10.0 Å². The molecule has 2 aliphatic rings. The van der Waals surface area contributed by atoms with Crippen molar-refractivity contribution in [2.75, 3.05) is 26.2 Å². The SMILES string of the molecule is O=S(=O)(C1CNNC1)N1CCCC(c2cccc(-c3cccc(C(F)(F)F)c3)n2)C1. The van der Waals surface area contributed by atoms with Crippen molar-refractivity contribution in [3.05, 3.63) is 53.7 Å². The van der Waals surface area contributed by atoms with Crippen LogP contribution in [0.5, 0.6) is 0 Å². The first-order valence-electron chi connectivity index (χ1n) is 9.84. The van der Waals surface area contributed by atoms with Crippen LogP contribution in [0.25, 0.3) is 11.3 Å². The predicted octanol–water partition coefficient (Wildman–Crippen LogP) is 2.75. The van der Waals surface area contributed by atoms with E-state index in [1.165, 1.54) is 10.4 Å². The van der Waals surface area contributed by atoms with Crippen LogP contribution < -0.4 is 10.9 Å². The van der Waals surface area contributed by atoms with Crippen LogP contribution in [0, 0.1) is 0 Å². The Labute approximate surface area is 173 Å². The topological polar surface area (TPSA) is 74.3 Å². The number of sulfonamides is 1. The summed E-state index contributed by atoms with van der Waals surface area (Å²) < 4.78 is 66.5. The van der Waals surface area contributed by atoms with Crippen LogP contribution in [0.15, 0.2) is 42.5 Å². The number of halogens is 3. The van der Waals surface area contributed by atoms with E-state index in [-0.39, 0.29) is 5.92 Å². The standard InChI is InChI=1S/C20H23F3N4O2S/c21-20(22,23)16-6-1-4-14(10-16)18-7-2-8-19(26-18)15-5-3-9-27(13-15)30(28,29)17-11-24-25-12-17/h1-2,4,6-8,10,15,17,24-25H,3,5,9,11-13H2. The van der Waals surface area contributed by atoms with Gasteiger partial charge in [0.1, 0.15) is 5.25 Å². The highest BCUT2D eigenvalue weighted by molar-refractivity contribution is 7.89. The summed E-state index contributed by atoms with van der Waals surface area (Å²) in [7, 11) is -3.43. The van der Waals surface area contributed by atoms with Gasteiger partial charge in [0.25, 0.3) is 0 Å². The third-order valence-electron chi connectivity index (χ3n) is 5.62. The van der Waals surface area contributed by atoms with Crippen LogP contribution in [0.3, 0.4) is 0 Å². The van der Waals surface area contributed by atoms with Crippen molar-refractivity contribution in [2.45, 2.75) is 30.2 Å². The molecule has 10 heteroatoms. The highest BCUT2D eigenvalue weighted by atomic mass is 32.2. The summed E-state index contributed by atoms with van der Waals surface area (Å²) in [6.07, 6.45) is -2.92. The summed E-state index contributed by atoms with van der Waals surface area (Å²) in [5, 5.41) is -0.499. The Balaban J connectivity index is 1.57. The second kappa shape index (κ2) is 8.26. The lowest BCUT2D eigenvalue weighted by Crippen LogP contribution is -2.45. The Morgan fingerprint density at radius 2 is 1.80 bits per heavy atom. The maximum Gasteiger partial charge on any atom is 0.416 e. The molecule has 2 aromatic rings. The van der Waals surface area contributed by atoms with Gasteiger partial charge in [0.15, 0.2) is 0 Å². The average Bonchev–Trinajstić information content (AvgIpc) is 3.29. The number of benzene rings is 1. The van der Waals surface area contributed by atoms with E-state index in [1.54, 1.807) is 18.2 Å². The van der Waals surface area contributed by atoms with Gasteiger partial charge in [-0.2, -0.15) is 13.2 Å². The van der Waals surface area contributed by atoms with E-state index in [1.807, 2.05) is 6.07 Å². The number of pyridine rings is 1. The minimum atomic E-state index is -4.42. The molecule has 0 radical (unpaired) electrons. The van der Waals surface area contributed by atoms with Crippen molar-refractivity contribution < 1.29 is 21.6 Å². The largest absolute Gasteiger partial charge is 0.416 e. The summed E-state index contributed by atoms with van der Waals surface area (Å²) in [5.41, 5.74) is 6.52. The lowest BCUT2D eigenvalue weighted by Gasteiger charge is -2.33. The summed E-state index contributed by atoms with van der Waals surface area (Å²) >= 11 is 0. The molecule has 0 bridgehead atoms. The fourth-order valence-corrected chi connectivity index (χ4v) is 5.76. The van der Waals surface area contributed by atoms with Gasteiger partial charge in [0.2, 0.25) is 10.0 Å². The van der Waals surface area contributed by atoms with E-state index < -0.39 is 27.0 Å². The Hall–Kier alpha value is -2.01. The lowest BCUT2D eigenvalue weighted by atomic mass is 9.95. The Bertz CT molecular complexity index is 1010. The molecule has 0 amide bonds. The normalized spacial score (nSPS) is 21.8. The molecule has 3 heterocycles. The second-order valence-corrected chi connectivity index (χ2v) is 9.87. The molecule has 0 spiro atoms. The van der Waals surface area contributed by atoms with Crippen molar-refractivity contribution in [2.24, 2.45) is 0 Å². The highest BCUT2D eigenvalue weighted by Gasteiger charge is 2.37. The summed E-state index contributed by atoms with van der Waals surface area (Å²) in [6, 6.07) is 10.3. The van der Waals surface area contributed by atoms with Crippen molar-refractivity contribution in [1.82, 2.24) is 20.1 Å². The van der Waals surface area contributed by atoms with Gasteiger partial charge in [0.05, 0.1) is 11.3 Å². The van der Waals surface area contributed by atoms with Crippen LogP contribution in [0.2, 0.25) is 0 Å². The number of hydrogen-bond acceptors (Lipinski definition) is 5. The minimum absolute atomic E-state index is 0.0957. The molecule has 2 saturated heterocycles. The first kappa shape index (κ1) is 21.2. The zero-order valence-electron chi connectivity index (χ0n) is 16.2. The Morgan fingerprint density at radius 3 is 2.53 bits per heavy atom. The fraction of sp³-hybridized carbons (Fsp3) is 0.450. The van der Waals surface area contributed by atoms with Gasteiger partial charge in [-0.3, -0.25) is 15.8 Å². The molecule has 1 unspecified atom stereocenters. The predicted molar refractivity (Wildman–Crippen MR) is 107 cm³/mol. The van der Waals surface area contributed by atoms with Crippen molar-refractivity contribution in [1.29, 1.82) is 0 Å². The number of hydrazine groups is 1. The van der Waals surface area contributed by atoms with E-state index in [0.717, 1.165) is 18.6 Å². The van der Waals surface area contributed by atoms with Gasteiger partial charge in [0, 0.05) is 43.4 Å². The van der Waals surface area contributed by atoms with Gasteiger partial charge >= 0.3 is 6.18 Å². The van der Waals surface area contributed by atoms with Gasteiger partial charge in [-0.05, 0) is 37.1 Å². The molecule has 162 valence electrons. The van der Waals surface area contributed by atoms with E-state index >= 15 is 0 Å². The zero-order valence-corrected chi connectivity index (χ0v) is 17.0. The molecule has 2 fully saturated rings. The van der Waals surface area contributed by atoms with Crippen LogP contribution >= 0.6 is 0 Å². The van der Waals surface area contributed by atoms with Gasteiger partial charge in [-0.1, -0.05) is 18.2 Å². The molecule has 30 heavy (non-hydrogen) atoms. The lowest BCUT2D eigenvalue weighted by molar-refractivity contribution is -0.137. The first-order chi connectivity index (χ1) is 14.2. The van der Waals surface area contributed by atoms with Crippen LogP contribution in [-0.2, 0) is 16.2 Å². The third kappa shape index (κ3) is 4.36. The highest BCUT2D eigenvalue weighted by Crippen LogP contribution is 2.33. The monoisotopic (exact) mass is 440 g/mol. The molecular formula is C20H23F3N4O2S. The molecule has 1 aromatic heterocycles. The Kier molecular flexibility index (Phi) is 5.84. The van der Waals surface area contributed by atoms with E-state index in [9.17, 15) is 21.6 Å². The number of nitrogens with one attached hydrogen (secondary N) is 2. The number of hydrogen-bond donors (Lipinski definition) is 2. The van der Waals surface area contributed by atoms with Gasteiger partial charge in [-0.15, -0.1) is 0 Å². The number of rotatable bonds is 4. The molecule has 1 aromatic carbocycles. The summed E-state index contributed by atoms with van der Waals surface area (Å²) in [4.78, 5) is 4.59. The molecular weight excluding hydrogens is 417 g/mol. The Morgan fingerprint density at radius 1 is 1.07 bits per heavy atom. The molecule has 2 aliphatic heterocycles. The molecule has 4 rings (SSSR count). The molecule has 6 nitrogen and oxygen atoms in total. The number of nitrogens with zero attached hydrogens (tertiary/aromatic N) is 2. The van der Waals surface area contributed by atoms with Crippen molar-refractivity contribution in [3.63, 3.8) is 0 Å². The van der Waals surface area contributed by atoms with Crippen LogP contribution in [0.1, 0.15) is 30.0 Å². The number of aromatic nitrogens is 1. The zero-order chi connectivity index (χ0) is 21.4. The quantitative estimate of drug-likeness (QED) is 0.765. The third-order valence-corrected chi connectivity index (χ3v) is 7.85. The van der Waals surface area contributed by atoms with Crippen molar-refractivity contribution in [3.8, 4) is 11.3 Å². The van der Waals surface area contributed by atoms with E-state index in [4.69, 9.17) is 0 Å². The smallest absolute Gasteiger partial charge is 0.256 e. The number of piperidine rings is 1. The molecule has 0 saturated carbocycles. The van der Waals surface area contributed by atoms with Gasteiger partial charge < -0.3 is 0 Å². The second-order valence-electron chi connectivity index (χ2n) is 7.65. The average molecular weight is 440 g/mol. The minimum Gasteiger partial charge on any atom is -0.256 e. The van der Waals surface area contributed by atoms with Crippen LogP contribution in [0.4, 0.5) is 13.2 Å². The summed E-state index contributed by atoms with van der Waals surface area (Å²) in [6.45, 7) is 1.54. The van der Waals surface area contributed by atoms with E-state index in [0.29, 0.717) is 49.6 Å². The van der Waals surface area contributed by atoms with Gasteiger partial charge in [-0.25, -0.2) is 12.7 Å². The maximum absolute atomic E-state index is 13.0. The molecule has 1 atom stereocenters. The first-order valence-corrected chi connectivity index (χ1v) is 11.3. The van der Waals surface area contributed by atoms with E-state index in [2.05, 4.69) is 15.8 Å². The number of alkyl halides is 3. The maximum atomic E-state index is 13.0. The molecule has 2 N–H and O–H groups in total.